The first-order valence-electron chi connectivity index (χ1n) is 10.0. The lowest BCUT2D eigenvalue weighted by atomic mass is 10.0. The van der Waals surface area contributed by atoms with Crippen LogP contribution in [-0.2, 0) is 22.4 Å². The molecule has 0 atom stereocenters. The van der Waals surface area contributed by atoms with E-state index >= 15 is 0 Å². The third-order valence-corrected chi connectivity index (χ3v) is 4.72. The number of rotatable bonds is 8. The van der Waals surface area contributed by atoms with Gasteiger partial charge in [-0.3, -0.25) is 9.59 Å². The van der Waals surface area contributed by atoms with E-state index in [0.717, 1.165) is 29.7 Å². The minimum Gasteiger partial charge on any atom is -0.459 e. The van der Waals surface area contributed by atoms with E-state index in [0.29, 0.717) is 5.69 Å². The number of para-hydroxylation sites is 1. The molecule has 2 N–H and O–H groups in total. The van der Waals surface area contributed by atoms with Crippen LogP contribution in [0.15, 0.2) is 65.3 Å². The second-order valence-corrected chi connectivity index (χ2v) is 6.79. The van der Waals surface area contributed by atoms with Crippen LogP contribution in [0, 0.1) is 0 Å². The molecule has 160 valence electrons. The molecule has 0 fully saturated rings. The van der Waals surface area contributed by atoms with Crippen molar-refractivity contribution in [2.45, 2.75) is 26.7 Å². The second-order valence-electron chi connectivity index (χ2n) is 6.79. The van der Waals surface area contributed by atoms with Gasteiger partial charge in [-0.25, -0.2) is 4.79 Å². The number of hydrogen-bond acceptors (Lipinski definition) is 5. The van der Waals surface area contributed by atoms with E-state index in [1.165, 1.54) is 18.4 Å². The van der Waals surface area contributed by atoms with Gasteiger partial charge in [0.25, 0.3) is 11.8 Å². The molecule has 2 aromatic carbocycles. The predicted octanol–water partition coefficient (Wildman–Crippen LogP) is 4.45. The molecule has 1 heterocycles. The third kappa shape index (κ3) is 5.60. The summed E-state index contributed by atoms with van der Waals surface area (Å²) in [6.07, 6.45) is 2.98. The Kier molecular flexibility index (Phi) is 7.22. The van der Waals surface area contributed by atoms with Crippen LogP contribution in [0.1, 0.15) is 45.9 Å². The van der Waals surface area contributed by atoms with E-state index in [-0.39, 0.29) is 11.3 Å². The van der Waals surface area contributed by atoms with Crippen LogP contribution in [0.3, 0.4) is 0 Å². The number of benzene rings is 2. The summed E-state index contributed by atoms with van der Waals surface area (Å²) in [7, 11) is 0. The van der Waals surface area contributed by atoms with Gasteiger partial charge < -0.3 is 19.8 Å². The van der Waals surface area contributed by atoms with Crippen molar-refractivity contribution in [2.24, 2.45) is 0 Å². The summed E-state index contributed by atoms with van der Waals surface area (Å²) in [4.78, 5) is 36.6. The monoisotopic (exact) mass is 420 g/mol. The van der Waals surface area contributed by atoms with Crippen molar-refractivity contribution in [2.75, 3.05) is 17.2 Å². The molecule has 31 heavy (non-hydrogen) atoms. The van der Waals surface area contributed by atoms with Crippen LogP contribution >= 0.6 is 0 Å². The van der Waals surface area contributed by atoms with E-state index in [1.807, 2.05) is 32.0 Å². The Labute approximate surface area is 180 Å². The zero-order valence-corrected chi connectivity index (χ0v) is 17.4. The standard InChI is InChI=1S/C24H24N2O5/c1-3-16-7-5-8-17(4-2)22(16)26-21(27)15-31-24(29)18-10-12-19(13-11-18)25-23(28)20-9-6-14-30-20/h5-14H,3-4,15H2,1-2H3,(H,25,28)(H,26,27). The van der Waals surface area contributed by atoms with Crippen LogP contribution < -0.4 is 10.6 Å². The number of ether oxygens (including phenoxy) is 1. The van der Waals surface area contributed by atoms with Gasteiger partial charge in [0.15, 0.2) is 12.4 Å². The summed E-state index contributed by atoms with van der Waals surface area (Å²) in [6.45, 7) is 3.65. The van der Waals surface area contributed by atoms with Crippen molar-refractivity contribution < 1.29 is 23.5 Å². The fourth-order valence-corrected chi connectivity index (χ4v) is 3.08. The number of hydrogen-bond donors (Lipinski definition) is 2. The van der Waals surface area contributed by atoms with E-state index < -0.39 is 24.4 Å². The van der Waals surface area contributed by atoms with E-state index in [1.54, 1.807) is 24.3 Å². The molecule has 7 heteroatoms. The molecule has 0 aliphatic rings. The van der Waals surface area contributed by atoms with E-state index in [2.05, 4.69) is 10.6 Å². The number of carbonyl (C=O) groups excluding carboxylic acids is 3. The molecule has 0 bridgehead atoms. The number of furan rings is 1. The average Bonchev–Trinajstić information content (AvgIpc) is 3.33. The number of esters is 1. The zero-order valence-electron chi connectivity index (χ0n) is 17.4. The van der Waals surface area contributed by atoms with Crippen molar-refractivity contribution in [3.63, 3.8) is 0 Å². The maximum Gasteiger partial charge on any atom is 0.338 e. The highest BCUT2D eigenvalue weighted by Gasteiger charge is 2.14. The largest absolute Gasteiger partial charge is 0.459 e. The molecule has 2 amide bonds. The van der Waals surface area contributed by atoms with Gasteiger partial charge in [-0.15, -0.1) is 0 Å². The number of aryl methyl sites for hydroxylation is 2. The van der Waals surface area contributed by atoms with Gasteiger partial charge >= 0.3 is 5.97 Å². The molecule has 1 aromatic heterocycles. The Hall–Kier alpha value is -3.87. The molecule has 3 rings (SSSR count). The van der Waals surface area contributed by atoms with Gasteiger partial charge in [-0.2, -0.15) is 0 Å². The van der Waals surface area contributed by atoms with Gasteiger partial charge in [-0.05, 0) is 60.4 Å². The molecular weight excluding hydrogens is 396 g/mol. The molecule has 7 nitrogen and oxygen atoms in total. The van der Waals surface area contributed by atoms with Gasteiger partial charge in [-0.1, -0.05) is 32.0 Å². The first kappa shape index (κ1) is 21.8. The number of anilines is 2. The Balaban J connectivity index is 1.55. The third-order valence-electron chi connectivity index (χ3n) is 4.72. The Morgan fingerprint density at radius 3 is 2.13 bits per heavy atom. The zero-order chi connectivity index (χ0) is 22.2. The molecule has 0 saturated heterocycles. The van der Waals surface area contributed by atoms with E-state index in [4.69, 9.17) is 9.15 Å². The SMILES string of the molecule is CCc1cccc(CC)c1NC(=O)COC(=O)c1ccc(NC(=O)c2ccco2)cc1. The highest BCUT2D eigenvalue weighted by molar-refractivity contribution is 6.02. The summed E-state index contributed by atoms with van der Waals surface area (Å²) in [5.74, 6) is -1.23. The molecular formula is C24H24N2O5. The molecule has 0 aliphatic carbocycles. The lowest BCUT2D eigenvalue weighted by Gasteiger charge is -2.14. The molecule has 0 spiro atoms. The maximum atomic E-state index is 12.3. The predicted molar refractivity (Wildman–Crippen MR) is 117 cm³/mol. The summed E-state index contributed by atoms with van der Waals surface area (Å²) in [6, 6.07) is 15.2. The quantitative estimate of drug-likeness (QED) is 0.525. The lowest BCUT2D eigenvalue weighted by molar-refractivity contribution is -0.119. The Morgan fingerprint density at radius 1 is 0.871 bits per heavy atom. The van der Waals surface area contributed by atoms with Crippen LogP contribution in [0.25, 0.3) is 0 Å². The second kappa shape index (κ2) is 10.2. The normalized spacial score (nSPS) is 10.4. The topological polar surface area (TPSA) is 97.6 Å². The molecule has 3 aromatic rings. The number of carbonyl (C=O) groups is 3. The van der Waals surface area contributed by atoms with Gasteiger partial charge in [0.1, 0.15) is 0 Å². The summed E-state index contributed by atoms with van der Waals surface area (Å²) in [5, 5.41) is 5.52. The molecule has 0 saturated carbocycles. The van der Waals surface area contributed by atoms with Crippen molar-refractivity contribution in [1.29, 1.82) is 0 Å². The molecule has 0 unspecified atom stereocenters. The highest BCUT2D eigenvalue weighted by Crippen LogP contribution is 2.22. The lowest BCUT2D eigenvalue weighted by Crippen LogP contribution is -2.22. The van der Waals surface area contributed by atoms with Gasteiger partial charge in [0, 0.05) is 11.4 Å². The van der Waals surface area contributed by atoms with Crippen LogP contribution in [-0.4, -0.2) is 24.4 Å². The summed E-state index contributed by atoms with van der Waals surface area (Å²) < 4.78 is 10.2. The first-order chi connectivity index (χ1) is 15.0. The minimum atomic E-state index is -0.626. The molecule has 0 aliphatic heterocycles. The first-order valence-corrected chi connectivity index (χ1v) is 10.0. The highest BCUT2D eigenvalue weighted by atomic mass is 16.5. The van der Waals surface area contributed by atoms with Crippen molar-refractivity contribution in [3.8, 4) is 0 Å². The van der Waals surface area contributed by atoms with Gasteiger partial charge in [0.2, 0.25) is 0 Å². The smallest absolute Gasteiger partial charge is 0.338 e. The Bertz CT molecular complexity index is 1030. The maximum absolute atomic E-state index is 12.3. The summed E-state index contributed by atoms with van der Waals surface area (Å²) in [5.41, 5.74) is 3.62. The van der Waals surface area contributed by atoms with Crippen LogP contribution in [0.4, 0.5) is 11.4 Å². The van der Waals surface area contributed by atoms with Crippen LogP contribution in [0.2, 0.25) is 0 Å². The van der Waals surface area contributed by atoms with Crippen LogP contribution in [0.5, 0.6) is 0 Å². The van der Waals surface area contributed by atoms with Crippen molar-refractivity contribution in [1.82, 2.24) is 0 Å². The molecule has 0 radical (unpaired) electrons. The Morgan fingerprint density at radius 2 is 1.55 bits per heavy atom. The van der Waals surface area contributed by atoms with Crippen molar-refractivity contribution >= 4 is 29.2 Å². The fraction of sp³-hybridized carbons (Fsp3) is 0.208. The number of nitrogens with one attached hydrogen (secondary N) is 2. The average molecular weight is 420 g/mol. The number of amides is 2. The summed E-state index contributed by atoms with van der Waals surface area (Å²) >= 11 is 0. The van der Waals surface area contributed by atoms with Gasteiger partial charge in [0.05, 0.1) is 11.8 Å². The van der Waals surface area contributed by atoms with Crippen molar-refractivity contribution in [3.05, 3.63) is 83.3 Å². The van der Waals surface area contributed by atoms with E-state index in [9.17, 15) is 14.4 Å². The fourth-order valence-electron chi connectivity index (χ4n) is 3.08. The minimum absolute atomic E-state index is 0.186.